The Balaban J connectivity index is 1.50. The second kappa shape index (κ2) is 4.36. The van der Waals surface area contributed by atoms with E-state index in [9.17, 15) is 4.79 Å². The maximum absolute atomic E-state index is 12.1. The minimum atomic E-state index is 0.147. The van der Waals surface area contributed by atoms with Crippen molar-refractivity contribution in [1.29, 1.82) is 0 Å². The Morgan fingerprint density at radius 2 is 1.88 bits per heavy atom. The number of hydrogen-bond donors (Lipinski definition) is 1. The Kier molecular flexibility index (Phi) is 2.88. The van der Waals surface area contributed by atoms with Gasteiger partial charge in [0.05, 0.1) is 6.04 Å². The van der Waals surface area contributed by atoms with Crippen LogP contribution in [-0.2, 0) is 4.79 Å². The molecule has 3 aliphatic rings. The van der Waals surface area contributed by atoms with Gasteiger partial charge in [0.2, 0.25) is 5.91 Å². The van der Waals surface area contributed by atoms with Crippen LogP contribution in [0.5, 0.6) is 0 Å². The van der Waals surface area contributed by atoms with Crippen molar-refractivity contribution < 1.29 is 4.79 Å². The van der Waals surface area contributed by atoms with Crippen molar-refractivity contribution in [2.24, 2.45) is 5.92 Å². The van der Waals surface area contributed by atoms with Crippen molar-refractivity contribution in [3.8, 4) is 0 Å². The highest BCUT2D eigenvalue weighted by Crippen LogP contribution is 2.28. The molecule has 1 saturated heterocycles. The summed E-state index contributed by atoms with van der Waals surface area (Å²) in [6.45, 7) is 2.02. The number of carbonyl (C=O) groups excluding carboxylic acids is 1. The van der Waals surface area contributed by atoms with Gasteiger partial charge in [-0.25, -0.2) is 0 Å². The zero-order chi connectivity index (χ0) is 11.0. The van der Waals surface area contributed by atoms with Crippen molar-refractivity contribution in [1.82, 2.24) is 10.2 Å². The summed E-state index contributed by atoms with van der Waals surface area (Å²) >= 11 is 0. The van der Waals surface area contributed by atoms with Gasteiger partial charge in [-0.15, -0.1) is 0 Å². The Labute approximate surface area is 97.6 Å². The molecule has 0 spiro atoms. The van der Waals surface area contributed by atoms with Crippen molar-refractivity contribution in [2.75, 3.05) is 13.1 Å². The van der Waals surface area contributed by atoms with Crippen LogP contribution in [0.3, 0.4) is 0 Å². The maximum atomic E-state index is 12.1. The van der Waals surface area contributed by atoms with Gasteiger partial charge in [-0.05, 0) is 38.0 Å². The lowest BCUT2D eigenvalue weighted by atomic mass is 10.1. The zero-order valence-electron chi connectivity index (χ0n) is 9.95. The molecule has 3 heteroatoms. The predicted molar refractivity (Wildman–Crippen MR) is 63.1 cm³/mol. The van der Waals surface area contributed by atoms with Crippen LogP contribution >= 0.6 is 0 Å². The number of rotatable bonds is 4. The lowest BCUT2D eigenvalue weighted by molar-refractivity contribution is -0.130. The molecule has 3 fully saturated rings. The molecular formula is C13H22N2O. The molecule has 2 saturated carbocycles. The lowest BCUT2D eigenvalue weighted by Gasteiger charge is -2.20. The molecule has 1 unspecified atom stereocenters. The molecule has 2 aliphatic carbocycles. The molecule has 0 aromatic rings. The fraction of sp³-hybridized carbons (Fsp3) is 0.923. The fourth-order valence-electron chi connectivity index (χ4n) is 3.11. The minimum absolute atomic E-state index is 0.147. The first-order valence-corrected chi connectivity index (χ1v) is 6.88. The quantitative estimate of drug-likeness (QED) is 0.782. The van der Waals surface area contributed by atoms with Gasteiger partial charge in [-0.1, -0.05) is 12.8 Å². The van der Waals surface area contributed by atoms with Gasteiger partial charge in [0.1, 0.15) is 0 Å². The fourth-order valence-corrected chi connectivity index (χ4v) is 3.11. The number of carbonyl (C=O) groups is 1. The number of likely N-dealkylation sites (tertiary alicyclic amines) is 1. The van der Waals surface area contributed by atoms with E-state index in [-0.39, 0.29) is 6.04 Å². The molecule has 1 aliphatic heterocycles. The SMILES string of the molecule is O=C1C(NC2CC2)CCN1CC1CCCC1. The van der Waals surface area contributed by atoms with Crippen LogP contribution < -0.4 is 5.32 Å². The van der Waals surface area contributed by atoms with E-state index in [2.05, 4.69) is 10.2 Å². The van der Waals surface area contributed by atoms with Crippen molar-refractivity contribution in [2.45, 2.75) is 57.0 Å². The Bertz CT molecular complexity index is 269. The first-order chi connectivity index (χ1) is 7.83. The van der Waals surface area contributed by atoms with Crippen LogP contribution in [0.2, 0.25) is 0 Å². The minimum Gasteiger partial charge on any atom is -0.341 e. The van der Waals surface area contributed by atoms with E-state index in [1.54, 1.807) is 0 Å². The third kappa shape index (κ3) is 2.24. The van der Waals surface area contributed by atoms with E-state index in [0.29, 0.717) is 11.9 Å². The standard InChI is InChI=1S/C13H22N2O/c16-13-12(14-11-5-6-11)7-8-15(13)9-10-3-1-2-4-10/h10-12,14H,1-9H2. The van der Waals surface area contributed by atoms with Gasteiger partial charge in [0, 0.05) is 19.1 Å². The molecule has 0 radical (unpaired) electrons. The molecule has 1 atom stereocenters. The van der Waals surface area contributed by atoms with Crippen molar-refractivity contribution in [3.63, 3.8) is 0 Å². The lowest BCUT2D eigenvalue weighted by Crippen LogP contribution is -2.40. The summed E-state index contributed by atoms with van der Waals surface area (Å²) in [4.78, 5) is 14.2. The monoisotopic (exact) mass is 222 g/mol. The highest BCUT2D eigenvalue weighted by Gasteiger charge is 2.36. The Hall–Kier alpha value is -0.570. The molecule has 3 rings (SSSR count). The van der Waals surface area contributed by atoms with E-state index >= 15 is 0 Å². The Morgan fingerprint density at radius 1 is 1.12 bits per heavy atom. The first-order valence-electron chi connectivity index (χ1n) is 6.88. The molecule has 0 aromatic heterocycles. The van der Waals surface area contributed by atoms with Crippen LogP contribution in [0.4, 0.5) is 0 Å². The summed E-state index contributed by atoms with van der Waals surface area (Å²) in [6, 6.07) is 0.800. The predicted octanol–water partition coefficient (Wildman–Crippen LogP) is 1.53. The maximum Gasteiger partial charge on any atom is 0.239 e. The van der Waals surface area contributed by atoms with E-state index < -0.39 is 0 Å². The highest BCUT2D eigenvalue weighted by atomic mass is 16.2. The van der Waals surface area contributed by atoms with Crippen molar-refractivity contribution >= 4 is 5.91 Å². The van der Waals surface area contributed by atoms with Gasteiger partial charge >= 0.3 is 0 Å². The van der Waals surface area contributed by atoms with E-state index in [1.807, 2.05) is 0 Å². The topological polar surface area (TPSA) is 32.3 Å². The summed E-state index contributed by atoms with van der Waals surface area (Å²) in [6.07, 6.45) is 8.99. The van der Waals surface area contributed by atoms with Gasteiger partial charge in [0.25, 0.3) is 0 Å². The Morgan fingerprint density at radius 3 is 2.56 bits per heavy atom. The molecule has 0 bridgehead atoms. The van der Waals surface area contributed by atoms with Gasteiger partial charge in [0.15, 0.2) is 0 Å². The summed E-state index contributed by atoms with van der Waals surface area (Å²) in [5.41, 5.74) is 0. The molecule has 1 N–H and O–H groups in total. The zero-order valence-corrected chi connectivity index (χ0v) is 9.95. The molecule has 0 aromatic carbocycles. The van der Waals surface area contributed by atoms with E-state index in [0.717, 1.165) is 25.4 Å². The number of nitrogens with zero attached hydrogens (tertiary/aromatic N) is 1. The van der Waals surface area contributed by atoms with Crippen LogP contribution in [0.15, 0.2) is 0 Å². The summed E-state index contributed by atoms with van der Waals surface area (Å²) in [5.74, 6) is 1.17. The molecule has 90 valence electrons. The van der Waals surface area contributed by atoms with E-state index in [1.165, 1.54) is 38.5 Å². The first kappa shape index (κ1) is 10.6. The second-order valence-electron chi connectivity index (χ2n) is 5.72. The third-order valence-corrected chi connectivity index (χ3v) is 4.27. The number of amides is 1. The number of nitrogens with one attached hydrogen (secondary N) is 1. The normalized spacial score (nSPS) is 31.6. The van der Waals surface area contributed by atoms with Crippen LogP contribution in [0.1, 0.15) is 44.9 Å². The van der Waals surface area contributed by atoms with Crippen molar-refractivity contribution in [3.05, 3.63) is 0 Å². The van der Waals surface area contributed by atoms with Gasteiger partial charge < -0.3 is 10.2 Å². The van der Waals surface area contributed by atoms with Crippen LogP contribution in [0.25, 0.3) is 0 Å². The summed E-state index contributed by atoms with van der Waals surface area (Å²) < 4.78 is 0. The molecule has 3 nitrogen and oxygen atoms in total. The highest BCUT2D eigenvalue weighted by molar-refractivity contribution is 5.84. The van der Waals surface area contributed by atoms with Crippen LogP contribution in [-0.4, -0.2) is 36.0 Å². The average Bonchev–Trinajstić information content (AvgIpc) is 2.83. The number of hydrogen-bond acceptors (Lipinski definition) is 2. The average molecular weight is 222 g/mol. The summed E-state index contributed by atoms with van der Waals surface area (Å²) in [5, 5.41) is 3.47. The molecule has 1 heterocycles. The van der Waals surface area contributed by atoms with Gasteiger partial charge in [-0.3, -0.25) is 4.79 Å². The second-order valence-corrected chi connectivity index (χ2v) is 5.72. The van der Waals surface area contributed by atoms with Crippen LogP contribution in [0, 0.1) is 5.92 Å². The molecular weight excluding hydrogens is 200 g/mol. The molecule has 16 heavy (non-hydrogen) atoms. The molecule has 1 amide bonds. The third-order valence-electron chi connectivity index (χ3n) is 4.27. The largest absolute Gasteiger partial charge is 0.341 e. The summed E-state index contributed by atoms with van der Waals surface area (Å²) in [7, 11) is 0. The van der Waals surface area contributed by atoms with Gasteiger partial charge in [-0.2, -0.15) is 0 Å². The smallest absolute Gasteiger partial charge is 0.239 e. The van der Waals surface area contributed by atoms with E-state index in [4.69, 9.17) is 0 Å².